The van der Waals surface area contributed by atoms with Crippen LogP contribution in [0.5, 0.6) is 0 Å². The first-order chi connectivity index (χ1) is 24.5. The van der Waals surface area contributed by atoms with E-state index in [9.17, 15) is 46.0 Å². The van der Waals surface area contributed by atoms with Crippen LogP contribution in [0, 0.1) is 46.3 Å². The van der Waals surface area contributed by atoms with Gasteiger partial charge in [-0.2, -0.15) is 0 Å². The number of rotatable bonds is 11. The van der Waals surface area contributed by atoms with Crippen LogP contribution >= 0.6 is 0 Å². The quantitative estimate of drug-likeness (QED) is 0.135. The van der Waals surface area contributed by atoms with E-state index in [1.807, 2.05) is 0 Å². The van der Waals surface area contributed by atoms with E-state index >= 15 is 0 Å². The van der Waals surface area contributed by atoms with Crippen LogP contribution in [0.1, 0.15) is 92.4 Å². The van der Waals surface area contributed by atoms with Gasteiger partial charge in [0.2, 0.25) is 0 Å². The summed E-state index contributed by atoms with van der Waals surface area (Å²) in [5.74, 6) is 1.14. The smallest absolute Gasteiger partial charge is 0.187 e. The fourth-order valence-corrected chi connectivity index (χ4v) is 11.5. The number of ether oxygens (including phenoxy) is 4. The van der Waals surface area contributed by atoms with Gasteiger partial charge in [0.1, 0.15) is 48.8 Å². The van der Waals surface area contributed by atoms with E-state index in [1.165, 1.54) is 0 Å². The first kappa shape index (κ1) is 40.9. The van der Waals surface area contributed by atoms with Crippen LogP contribution in [0.15, 0.2) is 11.6 Å². The summed E-state index contributed by atoms with van der Waals surface area (Å²) in [6, 6.07) is 0. The van der Waals surface area contributed by atoms with E-state index in [4.69, 9.17) is 18.9 Å². The van der Waals surface area contributed by atoms with Crippen molar-refractivity contribution < 1.29 is 64.9 Å². The van der Waals surface area contributed by atoms with Crippen LogP contribution in [-0.2, 0) is 18.9 Å². The van der Waals surface area contributed by atoms with Crippen molar-refractivity contribution in [1.82, 2.24) is 0 Å². The fourth-order valence-electron chi connectivity index (χ4n) is 11.5. The molecule has 300 valence electrons. The lowest BCUT2D eigenvalue weighted by Gasteiger charge is -2.60. The normalized spacial score (nSPS) is 50.6. The summed E-state index contributed by atoms with van der Waals surface area (Å²) >= 11 is 0. The molecule has 2 saturated heterocycles. The standard InChI is InChI=1S/C39H66O13/c1-18(2)6-9-25(49-36-34(47)32(45)30(43)27(16-40)51-36)19(3)22-7-8-23-29-24(11-13-39(22,23)5)38(4)12-10-21(42)14-20(38)15-26(29)50-37-35(48)33(46)31(44)28(17-41)52-37/h15,18-19,21-37,40-48H,6-14,16-17H2,1-5H3/t19-,21-,22+,23-,24-,25+,26-,27+,28+,29-,30+,31+,32-,33-,34+,35+,36+,37+,38-,39+/m0/s1. The Bertz CT molecular complexity index is 1230. The molecular weight excluding hydrogens is 676 g/mol. The molecule has 2 aliphatic heterocycles. The number of aliphatic hydroxyl groups is 9. The molecule has 52 heavy (non-hydrogen) atoms. The molecule has 5 fully saturated rings. The first-order valence-corrected chi connectivity index (χ1v) is 19.9. The van der Waals surface area contributed by atoms with E-state index in [0.717, 1.165) is 50.5 Å². The molecule has 0 aromatic heterocycles. The summed E-state index contributed by atoms with van der Waals surface area (Å²) in [4.78, 5) is 0. The maximum atomic E-state index is 11.0. The van der Waals surface area contributed by atoms with Crippen molar-refractivity contribution in [3.63, 3.8) is 0 Å². The van der Waals surface area contributed by atoms with Gasteiger partial charge in [-0.05, 0) is 104 Å². The molecule has 2 heterocycles. The highest BCUT2D eigenvalue weighted by Gasteiger charge is 2.63. The third kappa shape index (κ3) is 7.30. The Balaban J connectivity index is 1.29. The minimum atomic E-state index is -1.55. The Labute approximate surface area is 307 Å². The first-order valence-electron chi connectivity index (χ1n) is 19.9. The zero-order valence-corrected chi connectivity index (χ0v) is 31.5. The van der Waals surface area contributed by atoms with Crippen molar-refractivity contribution in [3.8, 4) is 0 Å². The molecule has 0 amide bonds. The SMILES string of the molecule is CC(C)CC[C@@H](O[C@@H]1O[C@H](CO)[C@@H](O)[C@H](O)[C@H]1O)[C@@H](C)[C@H]1CC[C@H]2[C@@H]3[C@@H](O[C@@H]4O[C@H](CO)[C@@H](O)[C@H](O)[C@H]4O)C=C4C[C@@H](O)CC[C@]4(C)[C@H]3CC[C@]12C. The van der Waals surface area contributed by atoms with Gasteiger partial charge in [0, 0.05) is 0 Å². The second kappa shape index (κ2) is 16.0. The molecule has 20 atom stereocenters. The predicted octanol–water partition coefficient (Wildman–Crippen LogP) is 0.979. The number of fused-ring (bicyclic) bond motifs is 5. The van der Waals surface area contributed by atoms with Gasteiger partial charge in [-0.3, -0.25) is 0 Å². The average Bonchev–Trinajstić information content (AvgIpc) is 3.47. The lowest BCUT2D eigenvalue weighted by atomic mass is 9.46. The third-order valence-electron chi connectivity index (χ3n) is 14.7. The van der Waals surface area contributed by atoms with Crippen molar-refractivity contribution in [3.05, 3.63) is 11.6 Å². The molecule has 0 radical (unpaired) electrons. The summed E-state index contributed by atoms with van der Waals surface area (Å²) in [6.07, 6.45) is -5.32. The molecule has 0 unspecified atom stereocenters. The zero-order chi connectivity index (χ0) is 37.9. The molecule has 13 nitrogen and oxygen atoms in total. The molecule has 0 bridgehead atoms. The maximum absolute atomic E-state index is 11.0. The van der Waals surface area contributed by atoms with Crippen LogP contribution in [0.25, 0.3) is 0 Å². The van der Waals surface area contributed by atoms with Gasteiger partial charge in [0.05, 0.1) is 31.5 Å². The molecule has 0 spiro atoms. The van der Waals surface area contributed by atoms with Crippen LogP contribution in [-0.4, -0.2) is 139 Å². The Hall–Kier alpha value is -0.780. The lowest BCUT2D eigenvalue weighted by Crippen LogP contribution is -2.61. The summed E-state index contributed by atoms with van der Waals surface area (Å²) in [5, 5.41) is 94.3. The average molecular weight is 743 g/mol. The van der Waals surface area contributed by atoms with Crippen LogP contribution in [0.4, 0.5) is 0 Å². The minimum absolute atomic E-state index is 0.0255. The topological polar surface area (TPSA) is 219 Å². The minimum Gasteiger partial charge on any atom is -0.394 e. The Kier molecular flexibility index (Phi) is 12.6. The van der Waals surface area contributed by atoms with Crippen LogP contribution in [0.2, 0.25) is 0 Å². The molecule has 3 saturated carbocycles. The van der Waals surface area contributed by atoms with Gasteiger partial charge in [0.15, 0.2) is 12.6 Å². The summed E-state index contributed by atoms with van der Waals surface area (Å²) in [7, 11) is 0. The van der Waals surface area contributed by atoms with Crippen molar-refractivity contribution in [2.45, 2.75) is 172 Å². The van der Waals surface area contributed by atoms with Crippen molar-refractivity contribution >= 4 is 0 Å². The summed E-state index contributed by atoms with van der Waals surface area (Å²) < 4.78 is 24.9. The molecule has 0 aromatic carbocycles. The monoisotopic (exact) mass is 742 g/mol. The van der Waals surface area contributed by atoms with Gasteiger partial charge >= 0.3 is 0 Å². The van der Waals surface area contributed by atoms with Gasteiger partial charge in [-0.15, -0.1) is 0 Å². The Morgan fingerprint density at radius 2 is 1.35 bits per heavy atom. The van der Waals surface area contributed by atoms with E-state index < -0.39 is 86.8 Å². The maximum Gasteiger partial charge on any atom is 0.187 e. The van der Waals surface area contributed by atoms with Crippen molar-refractivity contribution in [2.24, 2.45) is 46.3 Å². The largest absolute Gasteiger partial charge is 0.394 e. The van der Waals surface area contributed by atoms with Crippen molar-refractivity contribution in [1.29, 1.82) is 0 Å². The molecule has 9 N–H and O–H groups in total. The molecule has 6 aliphatic rings. The lowest BCUT2D eigenvalue weighted by molar-refractivity contribution is -0.318. The van der Waals surface area contributed by atoms with E-state index in [0.29, 0.717) is 18.8 Å². The second-order valence-electron chi connectivity index (χ2n) is 18.0. The summed E-state index contributed by atoms with van der Waals surface area (Å²) in [5.41, 5.74) is 0.883. The van der Waals surface area contributed by atoms with E-state index in [-0.39, 0.29) is 46.5 Å². The highest BCUT2D eigenvalue weighted by atomic mass is 16.7. The summed E-state index contributed by atoms with van der Waals surface area (Å²) in [6.45, 7) is 10.1. The molecule has 6 rings (SSSR count). The molecule has 4 aliphatic carbocycles. The number of aliphatic hydroxyl groups excluding tert-OH is 9. The zero-order valence-electron chi connectivity index (χ0n) is 31.5. The third-order valence-corrected chi connectivity index (χ3v) is 14.7. The van der Waals surface area contributed by atoms with Gasteiger partial charge in [-0.1, -0.05) is 46.3 Å². The highest BCUT2D eigenvalue weighted by Crippen LogP contribution is 2.68. The van der Waals surface area contributed by atoms with E-state index in [1.54, 1.807) is 0 Å². The second-order valence-corrected chi connectivity index (χ2v) is 18.0. The van der Waals surface area contributed by atoms with Gasteiger partial charge in [0.25, 0.3) is 0 Å². The molecule has 0 aromatic rings. The van der Waals surface area contributed by atoms with Gasteiger partial charge < -0.3 is 64.9 Å². The van der Waals surface area contributed by atoms with Crippen molar-refractivity contribution in [2.75, 3.05) is 13.2 Å². The fraction of sp³-hybridized carbons (Fsp3) is 0.949. The van der Waals surface area contributed by atoms with Gasteiger partial charge in [-0.25, -0.2) is 0 Å². The number of hydrogen-bond acceptors (Lipinski definition) is 13. The Morgan fingerprint density at radius 3 is 1.96 bits per heavy atom. The predicted molar refractivity (Wildman–Crippen MR) is 187 cm³/mol. The highest BCUT2D eigenvalue weighted by molar-refractivity contribution is 5.28. The van der Waals surface area contributed by atoms with Crippen LogP contribution < -0.4 is 0 Å². The van der Waals surface area contributed by atoms with Crippen LogP contribution in [0.3, 0.4) is 0 Å². The Morgan fingerprint density at radius 1 is 0.731 bits per heavy atom. The molecule has 13 heteroatoms. The van der Waals surface area contributed by atoms with E-state index in [2.05, 4.69) is 40.7 Å². The molecular formula is C39H66O13. The number of hydrogen-bond donors (Lipinski definition) is 9.